The van der Waals surface area contributed by atoms with Gasteiger partial charge in [-0.2, -0.15) is 0 Å². The van der Waals surface area contributed by atoms with Crippen LogP contribution in [-0.2, 0) is 20.8 Å². The van der Waals surface area contributed by atoms with E-state index in [0.717, 1.165) is 61.2 Å². The SMILES string of the molecule is CC1=C2[C@@H](CC/C(C)=C/c3ccccc3O)OB(O)C[C@@H]2[C@@H]2C(=O)N(C3CCN(Cc4ccccc4)CC3)C(=O)[C@@H]2C1. The Morgan fingerprint density at radius 2 is 1.74 bits per heavy atom. The van der Waals surface area contributed by atoms with Crippen LogP contribution in [0.25, 0.3) is 6.08 Å². The van der Waals surface area contributed by atoms with Crippen LogP contribution < -0.4 is 0 Å². The van der Waals surface area contributed by atoms with Crippen LogP contribution in [0.5, 0.6) is 5.75 Å². The van der Waals surface area contributed by atoms with Crippen LogP contribution in [0.2, 0.25) is 6.32 Å². The van der Waals surface area contributed by atoms with Crippen LogP contribution >= 0.6 is 0 Å². The Kier molecular flexibility index (Phi) is 8.39. The van der Waals surface area contributed by atoms with Crippen molar-refractivity contribution in [3.63, 3.8) is 0 Å². The lowest BCUT2D eigenvalue weighted by Crippen LogP contribution is -2.48. The lowest BCUT2D eigenvalue weighted by atomic mass is 9.59. The molecule has 0 spiro atoms. The summed E-state index contributed by atoms with van der Waals surface area (Å²) in [6, 6.07) is 17.6. The molecule has 0 unspecified atom stereocenters. The van der Waals surface area contributed by atoms with E-state index in [4.69, 9.17) is 4.65 Å². The van der Waals surface area contributed by atoms with Gasteiger partial charge in [0, 0.05) is 31.2 Å². The molecule has 0 bridgehead atoms. The number of carbonyl (C=O) groups is 2. The lowest BCUT2D eigenvalue weighted by Gasteiger charge is -2.42. The molecule has 3 heterocycles. The van der Waals surface area contributed by atoms with Crippen LogP contribution in [0, 0.1) is 17.8 Å². The van der Waals surface area contributed by atoms with Gasteiger partial charge in [-0.1, -0.05) is 65.8 Å². The zero-order chi connectivity index (χ0) is 29.4. The first kappa shape index (κ1) is 28.9. The van der Waals surface area contributed by atoms with Gasteiger partial charge >= 0.3 is 7.12 Å². The van der Waals surface area contributed by atoms with Gasteiger partial charge in [-0.15, -0.1) is 0 Å². The Labute approximate surface area is 249 Å². The molecule has 0 aromatic heterocycles. The Balaban J connectivity index is 1.14. The van der Waals surface area contributed by atoms with Crippen molar-refractivity contribution in [2.24, 2.45) is 17.8 Å². The summed E-state index contributed by atoms with van der Waals surface area (Å²) in [5, 5.41) is 20.9. The summed E-state index contributed by atoms with van der Waals surface area (Å²) in [7, 11) is -0.962. The molecule has 6 rings (SSSR count). The molecule has 4 atom stereocenters. The van der Waals surface area contributed by atoms with E-state index in [9.17, 15) is 19.7 Å². The highest BCUT2D eigenvalue weighted by atomic mass is 16.5. The smallest absolute Gasteiger partial charge is 0.455 e. The minimum atomic E-state index is -0.962. The van der Waals surface area contributed by atoms with E-state index in [2.05, 4.69) is 36.1 Å². The van der Waals surface area contributed by atoms with Crippen LogP contribution in [0.4, 0.5) is 0 Å². The fourth-order valence-corrected chi connectivity index (χ4v) is 7.79. The maximum absolute atomic E-state index is 14.0. The van der Waals surface area contributed by atoms with Crippen LogP contribution in [0.3, 0.4) is 0 Å². The third kappa shape index (κ3) is 5.72. The third-order valence-corrected chi connectivity index (χ3v) is 9.80. The number of carbonyl (C=O) groups excluding carboxylic acids is 2. The van der Waals surface area contributed by atoms with Crippen molar-refractivity contribution in [2.75, 3.05) is 13.1 Å². The second-order valence-corrected chi connectivity index (χ2v) is 12.6. The van der Waals surface area contributed by atoms with E-state index in [-0.39, 0.29) is 41.5 Å². The summed E-state index contributed by atoms with van der Waals surface area (Å²) < 4.78 is 6.07. The van der Waals surface area contributed by atoms with Gasteiger partial charge in [-0.25, -0.2) is 0 Å². The first-order chi connectivity index (χ1) is 20.3. The Morgan fingerprint density at radius 3 is 2.48 bits per heavy atom. The number of likely N-dealkylation sites (tertiary alicyclic amines) is 2. The molecule has 0 saturated carbocycles. The van der Waals surface area contributed by atoms with Gasteiger partial charge < -0.3 is 14.8 Å². The number of aromatic hydroxyl groups is 1. The van der Waals surface area contributed by atoms with Gasteiger partial charge in [0.25, 0.3) is 0 Å². The fraction of sp³-hybridized carbons (Fsp3) is 0.471. The van der Waals surface area contributed by atoms with E-state index < -0.39 is 13.0 Å². The zero-order valence-corrected chi connectivity index (χ0v) is 24.6. The number of imide groups is 1. The number of hydrogen-bond acceptors (Lipinski definition) is 6. The first-order valence-electron chi connectivity index (χ1n) is 15.4. The topological polar surface area (TPSA) is 90.3 Å². The molecule has 7 nitrogen and oxygen atoms in total. The minimum Gasteiger partial charge on any atom is -0.507 e. The largest absolute Gasteiger partial charge is 0.507 e. The van der Waals surface area contributed by atoms with Crippen LogP contribution in [0.1, 0.15) is 57.1 Å². The first-order valence-corrected chi connectivity index (χ1v) is 15.4. The number of para-hydroxylation sites is 1. The summed E-state index contributed by atoms with van der Waals surface area (Å²) in [6.07, 6.45) is 5.59. The number of fused-ring (bicyclic) bond motifs is 3. The van der Waals surface area contributed by atoms with Gasteiger partial charge in [-0.05, 0) is 75.4 Å². The summed E-state index contributed by atoms with van der Waals surface area (Å²) in [4.78, 5) is 31.8. The molecule has 1 aliphatic carbocycles. The number of hydrogen-bond donors (Lipinski definition) is 2. The number of allylic oxidation sites excluding steroid dienone is 2. The Bertz CT molecular complexity index is 1380. The van der Waals surface area contributed by atoms with Crippen molar-refractivity contribution in [1.29, 1.82) is 0 Å². The standard InChI is InChI=1S/C34H41BN2O5/c1-22(18-25-10-6-7-11-29(25)38)12-13-30-31-23(2)19-27-32(28(31)20-35(41)42-30)34(40)37(33(27)39)26-14-16-36(17-15-26)21-24-8-4-3-5-9-24/h3-11,18,26-28,30,32,38,41H,12-17,19-21H2,1-2H3/b22-18+/t27-,28+,30-,32-/m1/s1. The van der Waals surface area contributed by atoms with E-state index in [0.29, 0.717) is 19.2 Å². The summed E-state index contributed by atoms with van der Waals surface area (Å²) in [5.74, 6) is -0.776. The maximum Gasteiger partial charge on any atom is 0.455 e. The van der Waals surface area contributed by atoms with E-state index in [1.54, 1.807) is 17.0 Å². The molecule has 2 amide bonds. The molecule has 8 heteroatoms. The second-order valence-electron chi connectivity index (χ2n) is 12.6. The zero-order valence-electron chi connectivity index (χ0n) is 24.6. The predicted molar refractivity (Wildman–Crippen MR) is 163 cm³/mol. The van der Waals surface area contributed by atoms with Crippen LogP contribution in [-0.4, -0.2) is 64.1 Å². The Morgan fingerprint density at radius 1 is 1.02 bits per heavy atom. The van der Waals surface area contributed by atoms with Crippen molar-refractivity contribution in [2.45, 2.75) is 71.0 Å². The molecule has 2 aromatic rings. The molecule has 3 aliphatic heterocycles. The van der Waals surface area contributed by atoms with Gasteiger partial charge in [0.15, 0.2) is 0 Å². The normalized spacial score (nSPS) is 27.5. The van der Waals surface area contributed by atoms with Gasteiger partial charge in [0.05, 0.1) is 17.9 Å². The Hall–Kier alpha value is -3.20. The lowest BCUT2D eigenvalue weighted by molar-refractivity contribution is -0.144. The van der Waals surface area contributed by atoms with E-state index in [1.807, 2.05) is 31.2 Å². The van der Waals surface area contributed by atoms with Gasteiger partial charge in [0.1, 0.15) is 5.75 Å². The number of phenols is 1. The predicted octanol–water partition coefficient (Wildman–Crippen LogP) is 5.06. The van der Waals surface area contributed by atoms with Gasteiger partial charge in [0.2, 0.25) is 11.8 Å². The number of benzene rings is 2. The fourth-order valence-electron chi connectivity index (χ4n) is 7.79. The average molecular weight is 569 g/mol. The van der Waals surface area contributed by atoms with Crippen LogP contribution in [0.15, 0.2) is 71.3 Å². The highest BCUT2D eigenvalue weighted by molar-refractivity contribution is 6.43. The average Bonchev–Trinajstić information content (AvgIpc) is 3.23. The summed E-state index contributed by atoms with van der Waals surface area (Å²) >= 11 is 0. The minimum absolute atomic E-state index is 0.0242. The molecular weight excluding hydrogens is 527 g/mol. The summed E-state index contributed by atoms with van der Waals surface area (Å²) in [5.41, 5.74) is 5.38. The number of nitrogens with zero attached hydrogens (tertiary/aromatic N) is 2. The molecule has 220 valence electrons. The van der Waals surface area contributed by atoms with Gasteiger partial charge in [-0.3, -0.25) is 19.4 Å². The van der Waals surface area contributed by atoms with Crippen molar-refractivity contribution in [3.05, 3.63) is 82.4 Å². The van der Waals surface area contributed by atoms with Crippen molar-refractivity contribution >= 4 is 25.0 Å². The second kappa shape index (κ2) is 12.2. The molecule has 3 saturated heterocycles. The van der Waals surface area contributed by atoms with Crippen molar-refractivity contribution in [1.82, 2.24) is 9.80 Å². The highest BCUT2D eigenvalue weighted by Crippen LogP contribution is 2.51. The molecule has 0 radical (unpaired) electrons. The summed E-state index contributed by atoms with van der Waals surface area (Å²) in [6.45, 7) is 6.71. The molecule has 4 aliphatic rings. The van der Waals surface area contributed by atoms with E-state index in [1.165, 1.54) is 5.56 Å². The third-order valence-electron chi connectivity index (χ3n) is 9.80. The molecule has 2 aromatic carbocycles. The number of rotatable bonds is 7. The monoisotopic (exact) mass is 568 g/mol. The number of phenolic OH excluding ortho intramolecular Hbond substituents is 1. The highest BCUT2D eigenvalue weighted by Gasteiger charge is 2.58. The quantitative estimate of drug-likeness (QED) is 0.276. The molecule has 42 heavy (non-hydrogen) atoms. The molecule has 2 N–H and O–H groups in total. The van der Waals surface area contributed by atoms with Crippen molar-refractivity contribution < 1.29 is 24.4 Å². The number of amides is 2. The number of piperidine rings is 1. The van der Waals surface area contributed by atoms with E-state index >= 15 is 0 Å². The molecule has 3 fully saturated rings. The van der Waals surface area contributed by atoms with Crippen molar-refractivity contribution in [3.8, 4) is 5.75 Å². The maximum atomic E-state index is 14.0. The molecular formula is C34H41BN2O5.